The van der Waals surface area contributed by atoms with Crippen molar-refractivity contribution in [3.05, 3.63) is 42.2 Å². The first-order valence-electron chi connectivity index (χ1n) is 7.85. The normalized spacial score (nSPS) is 15.4. The summed E-state index contributed by atoms with van der Waals surface area (Å²) >= 11 is 0. The van der Waals surface area contributed by atoms with Gasteiger partial charge in [0.05, 0.1) is 19.3 Å². The highest BCUT2D eigenvalue weighted by molar-refractivity contribution is 5.75. The summed E-state index contributed by atoms with van der Waals surface area (Å²) < 4.78 is 18.7. The van der Waals surface area contributed by atoms with Gasteiger partial charge in [-0.1, -0.05) is 12.8 Å². The minimum Gasteiger partial charge on any atom is -0.439 e. The maximum absolute atomic E-state index is 13.0. The predicted molar refractivity (Wildman–Crippen MR) is 83.8 cm³/mol. The molecule has 3 rings (SSSR count). The Morgan fingerprint density at radius 3 is 2.65 bits per heavy atom. The van der Waals surface area contributed by atoms with Gasteiger partial charge in [0, 0.05) is 11.6 Å². The Bertz CT molecular complexity index is 663. The zero-order valence-corrected chi connectivity index (χ0v) is 12.9. The Kier molecular flexibility index (Phi) is 4.71. The van der Waals surface area contributed by atoms with Crippen LogP contribution >= 0.6 is 0 Å². The molecule has 0 aliphatic heterocycles. The Balaban J connectivity index is 1.73. The number of hydrogen-bond acceptors (Lipinski definition) is 4. The summed E-state index contributed by atoms with van der Waals surface area (Å²) in [4.78, 5) is 17.6. The van der Waals surface area contributed by atoms with Crippen LogP contribution in [-0.2, 0) is 11.3 Å². The molecule has 5 nitrogen and oxygen atoms in total. The number of carbonyl (C=O) groups is 1. The number of nitrogens with two attached hydrogens (primary N) is 1. The second kappa shape index (κ2) is 6.91. The van der Waals surface area contributed by atoms with Gasteiger partial charge in [-0.25, -0.2) is 9.37 Å². The number of oxazole rings is 1. The molecule has 1 aliphatic rings. The fourth-order valence-electron chi connectivity index (χ4n) is 3.09. The van der Waals surface area contributed by atoms with Gasteiger partial charge in [-0.3, -0.25) is 9.69 Å². The Morgan fingerprint density at radius 1 is 1.30 bits per heavy atom. The highest BCUT2D eigenvalue weighted by atomic mass is 19.1. The third-order valence-electron chi connectivity index (χ3n) is 4.22. The summed E-state index contributed by atoms with van der Waals surface area (Å²) in [5, 5.41) is 0. The lowest BCUT2D eigenvalue weighted by Crippen LogP contribution is -2.39. The summed E-state index contributed by atoms with van der Waals surface area (Å²) in [5.41, 5.74) is 6.13. The fraction of sp³-hybridized carbons (Fsp3) is 0.412. The number of halogens is 1. The lowest BCUT2D eigenvalue weighted by atomic mass is 10.2. The van der Waals surface area contributed by atoms with Crippen molar-refractivity contribution < 1.29 is 13.6 Å². The van der Waals surface area contributed by atoms with Gasteiger partial charge in [0.2, 0.25) is 11.8 Å². The largest absolute Gasteiger partial charge is 0.439 e. The molecule has 23 heavy (non-hydrogen) atoms. The summed E-state index contributed by atoms with van der Waals surface area (Å²) in [6, 6.07) is 6.42. The van der Waals surface area contributed by atoms with E-state index in [1.165, 1.54) is 25.0 Å². The third kappa shape index (κ3) is 3.96. The maximum atomic E-state index is 13.0. The Morgan fingerprint density at radius 2 is 2.00 bits per heavy atom. The first kappa shape index (κ1) is 15.7. The number of amides is 1. The van der Waals surface area contributed by atoms with E-state index in [-0.39, 0.29) is 18.3 Å². The van der Waals surface area contributed by atoms with Crippen LogP contribution in [0.5, 0.6) is 0 Å². The Labute approximate surface area is 134 Å². The highest BCUT2D eigenvalue weighted by Crippen LogP contribution is 2.26. The lowest BCUT2D eigenvalue weighted by Gasteiger charge is -2.25. The number of nitrogens with zero attached hydrogens (tertiary/aromatic N) is 2. The molecule has 1 aliphatic carbocycles. The first-order chi connectivity index (χ1) is 11.1. The van der Waals surface area contributed by atoms with Gasteiger partial charge in [-0.2, -0.15) is 0 Å². The van der Waals surface area contributed by atoms with Crippen molar-refractivity contribution in [1.82, 2.24) is 9.88 Å². The molecule has 1 fully saturated rings. The second-order valence-corrected chi connectivity index (χ2v) is 5.93. The average molecular weight is 317 g/mol. The lowest BCUT2D eigenvalue weighted by molar-refractivity contribution is -0.119. The van der Waals surface area contributed by atoms with Crippen LogP contribution in [0.2, 0.25) is 0 Å². The quantitative estimate of drug-likeness (QED) is 0.889. The van der Waals surface area contributed by atoms with Crippen LogP contribution in [0.15, 0.2) is 34.9 Å². The van der Waals surface area contributed by atoms with Crippen LogP contribution in [-0.4, -0.2) is 28.4 Å². The molecule has 6 heteroatoms. The smallest absolute Gasteiger partial charge is 0.231 e. The van der Waals surface area contributed by atoms with Crippen LogP contribution in [0.4, 0.5) is 4.39 Å². The van der Waals surface area contributed by atoms with Gasteiger partial charge in [-0.15, -0.1) is 0 Å². The number of hydrogen-bond donors (Lipinski definition) is 1. The van der Waals surface area contributed by atoms with Crippen molar-refractivity contribution in [2.45, 2.75) is 38.3 Å². The first-order valence-corrected chi connectivity index (χ1v) is 7.85. The number of rotatable bonds is 6. The van der Waals surface area contributed by atoms with E-state index in [1.807, 2.05) is 4.90 Å². The van der Waals surface area contributed by atoms with E-state index in [0.717, 1.165) is 18.4 Å². The monoisotopic (exact) mass is 317 g/mol. The van der Waals surface area contributed by atoms with Crippen molar-refractivity contribution in [3.8, 4) is 11.3 Å². The fourth-order valence-corrected chi connectivity index (χ4v) is 3.09. The van der Waals surface area contributed by atoms with Crippen LogP contribution in [0, 0.1) is 5.82 Å². The van der Waals surface area contributed by atoms with Crippen LogP contribution in [0.3, 0.4) is 0 Å². The molecule has 0 radical (unpaired) electrons. The molecule has 2 aromatic rings. The predicted octanol–water partition coefficient (Wildman–Crippen LogP) is 2.71. The SMILES string of the molecule is NC(=O)CN(Cc1ncc(-c2ccc(F)cc2)o1)C1CCCC1. The molecule has 1 amide bonds. The van der Waals surface area contributed by atoms with E-state index in [1.54, 1.807) is 18.3 Å². The van der Waals surface area contributed by atoms with E-state index in [0.29, 0.717) is 24.2 Å². The topological polar surface area (TPSA) is 72.4 Å². The number of primary amides is 1. The van der Waals surface area contributed by atoms with E-state index < -0.39 is 0 Å². The summed E-state index contributed by atoms with van der Waals surface area (Å²) in [6.45, 7) is 0.660. The van der Waals surface area contributed by atoms with Crippen molar-refractivity contribution in [1.29, 1.82) is 0 Å². The maximum Gasteiger partial charge on any atom is 0.231 e. The molecule has 1 heterocycles. The standard InChI is InChI=1S/C17H20FN3O2/c18-13-7-5-12(6-8-13)15-9-20-17(23-15)11-21(10-16(19)22)14-3-1-2-4-14/h5-9,14H,1-4,10-11H2,(H2,19,22). The van der Waals surface area contributed by atoms with Gasteiger partial charge in [0.1, 0.15) is 5.82 Å². The molecule has 0 atom stereocenters. The van der Waals surface area contributed by atoms with Gasteiger partial charge in [0.15, 0.2) is 5.76 Å². The highest BCUT2D eigenvalue weighted by Gasteiger charge is 2.25. The molecule has 0 unspecified atom stereocenters. The number of carbonyl (C=O) groups excluding carboxylic acids is 1. The van der Waals surface area contributed by atoms with Gasteiger partial charge in [-0.05, 0) is 37.1 Å². The molecule has 0 saturated heterocycles. The zero-order valence-electron chi connectivity index (χ0n) is 12.9. The van der Waals surface area contributed by atoms with Crippen LogP contribution in [0.25, 0.3) is 11.3 Å². The molecule has 0 spiro atoms. The van der Waals surface area contributed by atoms with Gasteiger partial charge < -0.3 is 10.2 Å². The van der Waals surface area contributed by atoms with Crippen LogP contribution < -0.4 is 5.73 Å². The third-order valence-corrected chi connectivity index (χ3v) is 4.22. The van der Waals surface area contributed by atoms with Crippen molar-refractivity contribution in [2.24, 2.45) is 5.73 Å². The van der Waals surface area contributed by atoms with Gasteiger partial charge >= 0.3 is 0 Å². The van der Waals surface area contributed by atoms with E-state index >= 15 is 0 Å². The van der Waals surface area contributed by atoms with Crippen molar-refractivity contribution in [3.63, 3.8) is 0 Å². The molecule has 1 saturated carbocycles. The molecular formula is C17H20FN3O2. The van der Waals surface area contributed by atoms with E-state index in [4.69, 9.17) is 10.2 Å². The summed E-state index contributed by atoms with van der Waals surface area (Å²) in [6.07, 6.45) is 6.11. The minimum atomic E-state index is -0.345. The molecule has 0 bridgehead atoms. The van der Waals surface area contributed by atoms with Crippen molar-refractivity contribution in [2.75, 3.05) is 6.54 Å². The molecular weight excluding hydrogens is 297 g/mol. The molecule has 2 N–H and O–H groups in total. The summed E-state index contributed by atoms with van der Waals surface area (Å²) in [5.74, 6) is 0.493. The summed E-state index contributed by atoms with van der Waals surface area (Å²) in [7, 11) is 0. The van der Waals surface area contributed by atoms with Crippen molar-refractivity contribution >= 4 is 5.91 Å². The van der Waals surface area contributed by atoms with E-state index in [9.17, 15) is 9.18 Å². The number of benzene rings is 1. The second-order valence-electron chi connectivity index (χ2n) is 5.93. The molecule has 1 aromatic carbocycles. The van der Waals surface area contributed by atoms with Gasteiger partial charge in [0.25, 0.3) is 0 Å². The zero-order chi connectivity index (χ0) is 16.2. The Hall–Kier alpha value is -2.21. The van der Waals surface area contributed by atoms with Crippen LogP contribution in [0.1, 0.15) is 31.6 Å². The number of aromatic nitrogens is 1. The average Bonchev–Trinajstić information content (AvgIpc) is 3.18. The molecule has 1 aromatic heterocycles. The van der Waals surface area contributed by atoms with E-state index in [2.05, 4.69) is 4.98 Å². The molecule has 122 valence electrons. The minimum absolute atomic E-state index is 0.207.